The number of amides is 1. The number of fused-ring (bicyclic) bond motifs is 2. The molecule has 1 amide bonds. The Morgan fingerprint density at radius 1 is 1.03 bits per heavy atom. The molecule has 6 heteroatoms. The Bertz CT molecular complexity index is 1310. The van der Waals surface area contributed by atoms with Crippen LogP contribution in [0.25, 0.3) is 11.0 Å². The van der Waals surface area contributed by atoms with Crippen LogP contribution in [0.2, 0.25) is 0 Å². The van der Waals surface area contributed by atoms with Gasteiger partial charge in [0.05, 0.1) is 17.0 Å². The molecular formula is C23H15BrN2O3. The largest absolute Gasteiger partial charge is 0.450 e. The molecule has 5 nitrogen and oxygen atoms in total. The number of hydrogen-bond donors (Lipinski definition) is 0. The fourth-order valence-corrected chi connectivity index (χ4v) is 4.10. The Kier molecular flexibility index (Phi) is 4.10. The Morgan fingerprint density at radius 3 is 2.55 bits per heavy atom. The van der Waals surface area contributed by atoms with E-state index in [-0.39, 0.29) is 17.1 Å². The van der Waals surface area contributed by atoms with E-state index >= 15 is 0 Å². The molecule has 142 valence electrons. The third-order valence-corrected chi connectivity index (χ3v) is 5.61. The lowest BCUT2D eigenvalue weighted by Crippen LogP contribution is -2.30. The van der Waals surface area contributed by atoms with E-state index < -0.39 is 6.04 Å². The lowest BCUT2D eigenvalue weighted by molar-refractivity contribution is 0.0970. The molecule has 0 saturated carbocycles. The summed E-state index contributed by atoms with van der Waals surface area (Å²) in [5.74, 6) is 0.173. The maximum atomic E-state index is 13.5. The Balaban J connectivity index is 1.83. The minimum atomic E-state index is -0.604. The van der Waals surface area contributed by atoms with Gasteiger partial charge in [-0.05, 0) is 42.8 Å². The van der Waals surface area contributed by atoms with Gasteiger partial charge in [-0.15, -0.1) is 0 Å². The summed E-state index contributed by atoms with van der Waals surface area (Å²) in [5.41, 5.74) is 2.44. The van der Waals surface area contributed by atoms with E-state index in [2.05, 4.69) is 20.9 Å². The number of rotatable bonds is 2. The van der Waals surface area contributed by atoms with Crippen molar-refractivity contribution >= 4 is 38.6 Å². The average Bonchev–Trinajstić information content (AvgIpc) is 3.03. The van der Waals surface area contributed by atoms with Crippen LogP contribution in [-0.2, 0) is 0 Å². The first-order valence-electron chi connectivity index (χ1n) is 9.12. The van der Waals surface area contributed by atoms with Crippen molar-refractivity contribution in [2.75, 3.05) is 4.90 Å². The monoisotopic (exact) mass is 446 g/mol. The number of hydrogen-bond acceptors (Lipinski definition) is 4. The minimum Gasteiger partial charge on any atom is -0.450 e. The first-order valence-corrected chi connectivity index (χ1v) is 9.91. The summed E-state index contributed by atoms with van der Waals surface area (Å²) in [7, 11) is 0. The van der Waals surface area contributed by atoms with Crippen LogP contribution in [0.5, 0.6) is 0 Å². The van der Waals surface area contributed by atoms with Crippen LogP contribution in [0.3, 0.4) is 0 Å². The third-order valence-electron chi connectivity index (χ3n) is 5.12. The molecule has 0 saturated heterocycles. The maximum Gasteiger partial charge on any atom is 0.296 e. The molecule has 0 spiro atoms. The van der Waals surface area contributed by atoms with E-state index in [1.54, 1.807) is 36.5 Å². The van der Waals surface area contributed by atoms with Crippen LogP contribution in [0, 0.1) is 6.92 Å². The molecule has 0 bridgehead atoms. The summed E-state index contributed by atoms with van der Waals surface area (Å²) >= 11 is 3.41. The van der Waals surface area contributed by atoms with Crippen LogP contribution in [0.4, 0.5) is 5.82 Å². The molecular weight excluding hydrogens is 432 g/mol. The van der Waals surface area contributed by atoms with Crippen molar-refractivity contribution in [3.05, 3.63) is 104 Å². The summed E-state index contributed by atoms with van der Waals surface area (Å²) in [6.45, 7) is 1.99. The van der Waals surface area contributed by atoms with Gasteiger partial charge in [0.15, 0.2) is 5.43 Å². The number of benzene rings is 2. The van der Waals surface area contributed by atoms with Gasteiger partial charge in [0.25, 0.3) is 5.91 Å². The SMILES string of the molecule is Cc1ccc(C2c3c(oc4ccc(Br)cc4c3=O)C(=O)N2c2ccccn2)cc1. The summed E-state index contributed by atoms with van der Waals surface area (Å²) in [4.78, 5) is 32.7. The van der Waals surface area contributed by atoms with Gasteiger partial charge in [-0.3, -0.25) is 14.5 Å². The summed E-state index contributed by atoms with van der Waals surface area (Å²) in [6, 6.07) is 17.7. The highest BCUT2D eigenvalue weighted by atomic mass is 79.9. The molecule has 2 aromatic carbocycles. The standard InChI is InChI=1S/C23H15BrN2O3/c1-13-5-7-14(8-6-13)20-19-21(27)16-12-15(24)9-10-17(16)29-22(19)23(28)26(20)18-4-2-3-11-25-18/h2-12,20H,1H3. The fourth-order valence-electron chi connectivity index (χ4n) is 3.74. The summed E-state index contributed by atoms with van der Waals surface area (Å²) < 4.78 is 6.71. The van der Waals surface area contributed by atoms with E-state index in [1.165, 1.54) is 4.90 Å². The van der Waals surface area contributed by atoms with Crippen molar-refractivity contribution in [3.8, 4) is 0 Å². The fraction of sp³-hybridized carbons (Fsp3) is 0.0870. The van der Waals surface area contributed by atoms with E-state index in [0.717, 1.165) is 15.6 Å². The summed E-state index contributed by atoms with van der Waals surface area (Å²) in [5, 5.41) is 0.436. The zero-order valence-electron chi connectivity index (χ0n) is 15.4. The zero-order chi connectivity index (χ0) is 20.1. The molecule has 0 aliphatic carbocycles. The minimum absolute atomic E-state index is 0.0704. The van der Waals surface area contributed by atoms with Crippen LogP contribution >= 0.6 is 15.9 Å². The molecule has 1 aliphatic rings. The van der Waals surface area contributed by atoms with Crippen molar-refractivity contribution < 1.29 is 9.21 Å². The number of aryl methyl sites for hydroxylation is 1. The van der Waals surface area contributed by atoms with Crippen molar-refractivity contribution in [2.24, 2.45) is 0 Å². The number of carbonyl (C=O) groups is 1. The molecule has 4 aromatic rings. The lowest BCUT2D eigenvalue weighted by Gasteiger charge is -2.24. The molecule has 1 unspecified atom stereocenters. The van der Waals surface area contributed by atoms with Gasteiger partial charge in [-0.1, -0.05) is 51.8 Å². The van der Waals surface area contributed by atoms with E-state index in [0.29, 0.717) is 22.4 Å². The van der Waals surface area contributed by atoms with Crippen molar-refractivity contribution in [1.82, 2.24) is 4.98 Å². The van der Waals surface area contributed by atoms with Crippen LogP contribution < -0.4 is 10.3 Å². The van der Waals surface area contributed by atoms with E-state index in [1.807, 2.05) is 37.3 Å². The second kappa shape index (κ2) is 6.67. The second-order valence-electron chi connectivity index (χ2n) is 6.99. The number of aromatic nitrogens is 1. The van der Waals surface area contributed by atoms with Crippen LogP contribution in [0.15, 0.2) is 80.5 Å². The van der Waals surface area contributed by atoms with Crippen molar-refractivity contribution in [3.63, 3.8) is 0 Å². The highest BCUT2D eigenvalue weighted by Gasteiger charge is 2.44. The van der Waals surface area contributed by atoms with Gasteiger partial charge in [0.1, 0.15) is 11.4 Å². The first-order chi connectivity index (χ1) is 14.0. The van der Waals surface area contributed by atoms with Gasteiger partial charge in [-0.25, -0.2) is 4.98 Å². The van der Waals surface area contributed by atoms with Gasteiger partial charge in [0, 0.05) is 10.7 Å². The predicted molar refractivity (Wildman–Crippen MR) is 114 cm³/mol. The summed E-state index contributed by atoms with van der Waals surface area (Å²) in [6.07, 6.45) is 1.63. The normalized spacial score (nSPS) is 15.7. The molecule has 0 radical (unpaired) electrons. The van der Waals surface area contributed by atoms with Gasteiger partial charge < -0.3 is 4.42 Å². The number of halogens is 1. The second-order valence-corrected chi connectivity index (χ2v) is 7.91. The van der Waals surface area contributed by atoms with Gasteiger partial charge in [0.2, 0.25) is 5.76 Å². The van der Waals surface area contributed by atoms with Crippen LogP contribution in [-0.4, -0.2) is 10.9 Å². The molecule has 1 atom stereocenters. The Labute approximate surface area is 174 Å². The number of carbonyl (C=O) groups excluding carboxylic acids is 1. The Morgan fingerprint density at radius 2 is 1.83 bits per heavy atom. The van der Waals surface area contributed by atoms with Crippen molar-refractivity contribution in [2.45, 2.75) is 13.0 Å². The highest BCUT2D eigenvalue weighted by Crippen LogP contribution is 2.40. The number of anilines is 1. The zero-order valence-corrected chi connectivity index (χ0v) is 17.0. The van der Waals surface area contributed by atoms with Gasteiger partial charge in [-0.2, -0.15) is 0 Å². The smallest absolute Gasteiger partial charge is 0.296 e. The predicted octanol–water partition coefficient (Wildman–Crippen LogP) is 5.01. The Hall–Kier alpha value is -3.25. The molecule has 29 heavy (non-hydrogen) atoms. The van der Waals surface area contributed by atoms with Gasteiger partial charge >= 0.3 is 0 Å². The molecule has 2 aromatic heterocycles. The van der Waals surface area contributed by atoms with Crippen molar-refractivity contribution in [1.29, 1.82) is 0 Å². The van der Waals surface area contributed by atoms with E-state index in [4.69, 9.17) is 4.42 Å². The molecule has 1 aliphatic heterocycles. The quantitative estimate of drug-likeness (QED) is 0.434. The lowest BCUT2D eigenvalue weighted by atomic mass is 9.97. The highest BCUT2D eigenvalue weighted by molar-refractivity contribution is 9.10. The number of pyridine rings is 1. The number of nitrogens with zero attached hydrogens (tertiary/aromatic N) is 2. The third kappa shape index (κ3) is 2.79. The van der Waals surface area contributed by atoms with Crippen LogP contribution in [0.1, 0.15) is 33.3 Å². The topological polar surface area (TPSA) is 63.4 Å². The molecule has 3 heterocycles. The maximum absolute atomic E-state index is 13.5. The molecule has 0 N–H and O–H groups in total. The molecule has 0 fully saturated rings. The average molecular weight is 447 g/mol. The first kappa shape index (κ1) is 17.8. The van der Waals surface area contributed by atoms with E-state index in [9.17, 15) is 9.59 Å². The molecule has 5 rings (SSSR count).